The molecule has 0 aliphatic heterocycles. The van der Waals surface area contributed by atoms with E-state index in [1.165, 1.54) is 22.7 Å². The van der Waals surface area contributed by atoms with Crippen LogP contribution in [0.5, 0.6) is 0 Å². The van der Waals surface area contributed by atoms with Gasteiger partial charge < -0.3 is 14.2 Å². The maximum Gasteiger partial charge on any atom is 0.285 e. The summed E-state index contributed by atoms with van der Waals surface area (Å²) in [6, 6.07) is 14.9. The number of carbonyl (C=O) groups is 3. The van der Waals surface area contributed by atoms with E-state index in [2.05, 4.69) is 17.9 Å². The van der Waals surface area contributed by atoms with Crippen LogP contribution in [0.2, 0.25) is 0 Å². The molecule has 4 aromatic rings. The number of carbonyl (C=O) groups excluding carboxylic acids is 3. The third kappa shape index (κ3) is 10.7. The standard InChI is InChI=1S/C33H40N2O8S2/c1-20(2)17-40-22(4)42-34-33(38)31-15-27-9-7-25(13-29(27)45-31)19-39-11-10-21(3)18-41-23(5)43-35-32(37)30-14-26-8-6-24(16-36)12-28(26)44-30/h6-9,12-16,20-23H,10-11,17-19H2,1-5H3,(H,34,38)(H,35,37). The van der Waals surface area contributed by atoms with Crippen LogP contribution in [0.4, 0.5) is 0 Å². The van der Waals surface area contributed by atoms with Gasteiger partial charge in [0.05, 0.1) is 29.6 Å². The van der Waals surface area contributed by atoms with Gasteiger partial charge >= 0.3 is 0 Å². The maximum atomic E-state index is 12.5. The number of hydrogen-bond donors (Lipinski definition) is 2. The van der Waals surface area contributed by atoms with Gasteiger partial charge in [-0.1, -0.05) is 45.0 Å². The van der Waals surface area contributed by atoms with Crippen LogP contribution in [-0.4, -0.2) is 50.5 Å². The fourth-order valence-corrected chi connectivity index (χ4v) is 6.15. The average Bonchev–Trinajstić information content (AvgIpc) is 3.66. The number of amides is 2. The number of hydroxylamine groups is 2. The van der Waals surface area contributed by atoms with Gasteiger partial charge in [-0.2, -0.15) is 0 Å². The minimum absolute atomic E-state index is 0.211. The van der Waals surface area contributed by atoms with Crippen LogP contribution in [0.3, 0.4) is 0 Å². The molecule has 0 radical (unpaired) electrons. The van der Waals surface area contributed by atoms with Crippen molar-refractivity contribution < 1.29 is 38.3 Å². The second kappa shape index (κ2) is 16.9. The van der Waals surface area contributed by atoms with Gasteiger partial charge in [0.1, 0.15) is 6.29 Å². The number of hydrogen-bond acceptors (Lipinski definition) is 10. The van der Waals surface area contributed by atoms with E-state index >= 15 is 0 Å². The van der Waals surface area contributed by atoms with Gasteiger partial charge in [0.2, 0.25) is 0 Å². The summed E-state index contributed by atoms with van der Waals surface area (Å²) in [6.07, 6.45) is 0.399. The van der Waals surface area contributed by atoms with Crippen molar-refractivity contribution in [2.75, 3.05) is 19.8 Å². The molecular formula is C33H40N2O8S2. The zero-order chi connectivity index (χ0) is 32.3. The Kier molecular flexibility index (Phi) is 13.0. The second-order valence-corrected chi connectivity index (χ2v) is 13.4. The monoisotopic (exact) mass is 656 g/mol. The SMILES string of the molecule is CC(C)COC(C)ONC(=O)c1cc2ccc(COCCC(C)COC(C)ONC(=O)c3cc4ccc(C=O)cc4s3)cc2s1. The molecule has 3 unspecified atom stereocenters. The smallest absolute Gasteiger partial charge is 0.285 e. The molecular weight excluding hydrogens is 617 g/mol. The molecule has 45 heavy (non-hydrogen) atoms. The first-order chi connectivity index (χ1) is 21.6. The molecule has 2 aromatic carbocycles. The van der Waals surface area contributed by atoms with E-state index in [-0.39, 0.29) is 17.7 Å². The highest BCUT2D eigenvalue weighted by atomic mass is 32.1. The summed E-state index contributed by atoms with van der Waals surface area (Å²) in [4.78, 5) is 47.8. The van der Waals surface area contributed by atoms with Crippen LogP contribution in [0.15, 0.2) is 48.5 Å². The van der Waals surface area contributed by atoms with Gasteiger partial charge in [0, 0.05) is 21.6 Å². The topological polar surface area (TPSA) is 121 Å². The molecule has 0 aliphatic rings. The van der Waals surface area contributed by atoms with Crippen LogP contribution in [0.25, 0.3) is 20.2 Å². The molecule has 242 valence electrons. The van der Waals surface area contributed by atoms with E-state index in [4.69, 9.17) is 23.9 Å². The molecule has 3 atom stereocenters. The Hall–Kier alpha value is -3.23. The first-order valence-electron chi connectivity index (χ1n) is 14.9. The van der Waals surface area contributed by atoms with E-state index in [0.717, 1.165) is 38.4 Å². The zero-order valence-electron chi connectivity index (χ0n) is 26.1. The summed E-state index contributed by atoms with van der Waals surface area (Å²) >= 11 is 2.69. The lowest BCUT2D eigenvalue weighted by atomic mass is 10.1. The molecule has 4 rings (SSSR count). The molecule has 12 heteroatoms. The van der Waals surface area contributed by atoms with E-state index < -0.39 is 12.6 Å². The van der Waals surface area contributed by atoms with Gasteiger partial charge in [-0.25, -0.2) is 20.6 Å². The third-order valence-corrected chi connectivity index (χ3v) is 8.84. The molecule has 2 heterocycles. The van der Waals surface area contributed by atoms with Crippen LogP contribution < -0.4 is 11.0 Å². The van der Waals surface area contributed by atoms with Crippen molar-refractivity contribution >= 4 is 60.9 Å². The molecule has 0 saturated carbocycles. The van der Waals surface area contributed by atoms with Gasteiger partial charge in [-0.15, -0.1) is 22.7 Å². The Labute approximate surface area is 270 Å². The average molecular weight is 657 g/mol. The molecule has 0 bridgehead atoms. The highest BCUT2D eigenvalue weighted by molar-refractivity contribution is 7.21. The van der Waals surface area contributed by atoms with Gasteiger partial charge in [0.25, 0.3) is 11.8 Å². The van der Waals surface area contributed by atoms with Crippen LogP contribution in [0.1, 0.15) is 76.3 Å². The van der Waals surface area contributed by atoms with E-state index in [1.54, 1.807) is 32.0 Å². The molecule has 10 nitrogen and oxygen atoms in total. The van der Waals surface area contributed by atoms with Crippen molar-refractivity contribution in [3.63, 3.8) is 0 Å². The van der Waals surface area contributed by atoms with Gasteiger partial charge in [-0.05, 0) is 72.7 Å². The number of aldehydes is 1. The first-order valence-corrected chi connectivity index (χ1v) is 16.5. The molecule has 0 fully saturated rings. The van der Waals surface area contributed by atoms with Crippen molar-refractivity contribution in [3.05, 3.63) is 69.4 Å². The molecule has 0 saturated heterocycles. The van der Waals surface area contributed by atoms with Crippen molar-refractivity contribution in [2.24, 2.45) is 11.8 Å². The van der Waals surface area contributed by atoms with Crippen molar-refractivity contribution in [3.8, 4) is 0 Å². The number of nitrogens with one attached hydrogen (secondary N) is 2. The summed E-state index contributed by atoms with van der Waals surface area (Å²) in [7, 11) is 0. The molecule has 0 spiro atoms. The summed E-state index contributed by atoms with van der Waals surface area (Å²) in [5.41, 5.74) is 6.50. The number of rotatable bonds is 18. The summed E-state index contributed by atoms with van der Waals surface area (Å²) in [6.45, 7) is 11.6. The Morgan fingerprint density at radius 1 is 0.778 bits per heavy atom. The van der Waals surface area contributed by atoms with Crippen molar-refractivity contribution in [1.82, 2.24) is 11.0 Å². The zero-order valence-corrected chi connectivity index (χ0v) is 27.8. The molecule has 2 amide bonds. The van der Waals surface area contributed by atoms with Crippen LogP contribution >= 0.6 is 22.7 Å². The molecule has 0 aliphatic carbocycles. The summed E-state index contributed by atoms with van der Waals surface area (Å²) in [5, 5.41) is 1.87. The lowest BCUT2D eigenvalue weighted by Gasteiger charge is -2.17. The number of fused-ring (bicyclic) bond motifs is 2. The molecule has 2 N–H and O–H groups in total. The Bertz CT molecular complexity index is 1580. The van der Waals surface area contributed by atoms with Crippen molar-refractivity contribution in [2.45, 2.75) is 60.2 Å². The predicted molar refractivity (Wildman–Crippen MR) is 175 cm³/mol. The molecule has 2 aromatic heterocycles. The normalized spacial score (nSPS) is 13.6. The number of ether oxygens (including phenoxy) is 3. The number of thiophene rings is 2. The highest BCUT2D eigenvalue weighted by Gasteiger charge is 2.15. The largest absolute Gasteiger partial charge is 0.377 e. The van der Waals surface area contributed by atoms with E-state index in [9.17, 15) is 14.4 Å². The van der Waals surface area contributed by atoms with Crippen molar-refractivity contribution in [1.29, 1.82) is 0 Å². The van der Waals surface area contributed by atoms with Crippen LogP contribution in [0, 0.1) is 11.8 Å². The fourth-order valence-electron chi connectivity index (χ4n) is 4.14. The van der Waals surface area contributed by atoms with Gasteiger partial charge in [-0.3, -0.25) is 14.4 Å². The summed E-state index contributed by atoms with van der Waals surface area (Å²) in [5.74, 6) is -0.0868. The van der Waals surface area contributed by atoms with Crippen LogP contribution in [-0.2, 0) is 30.5 Å². The Morgan fingerprint density at radius 3 is 1.96 bits per heavy atom. The minimum Gasteiger partial charge on any atom is -0.377 e. The fraction of sp³-hybridized carbons (Fsp3) is 0.424. The Balaban J connectivity index is 1.12. The lowest BCUT2D eigenvalue weighted by molar-refractivity contribution is -0.164. The quantitative estimate of drug-likeness (QED) is 0.0515. The van der Waals surface area contributed by atoms with E-state index in [0.29, 0.717) is 47.7 Å². The second-order valence-electron chi connectivity index (χ2n) is 11.2. The lowest BCUT2D eigenvalue weighted by Crippen LogP contribution is -2.30. The minimum atomic E-state index is -0.633. The Morgan fingerprint density at radius 2 is 1.36 bits per heavy atom. The predicted octanol–water partition coefficient (Wildman–Crippen LogP) is 6.88. The highest BCUT2D eigenvalue weighted by Crippen LogP contribution is 2.28. The maximum absolute atomic E-state index is 12.5. The summed E-state index contributed by atoms with van der Waals surface area (Å²) < 4.78 is 19.0. The van der Waals surface area contributed by atoms with Gasteiger partial charge in [0.15, 0.2) is 12.6 Å². The van der Waals surface area contributed by atoms with E-state index in [1.807, 2.05) is 44.2 Å². The first kappa shape index (κ1) is 34.6. The number of benzene rings is 2. The third-order valence-electron chi connectivity index (χ3n) is 6.65.